The van der Waals surface area contributed by atoms with E-state index in [0.29, 0.717) is 6.54 Å². The summed E-state index contributed by atoms with van der Waals surface area (Å²) >= 11 is 0. The summed E-state index contributed by atoms with van der Waals surface area (Å²) in [6, 6.07) is 12.1. The van der Waals surface area contributed by atoms with Crippen molar-refractivity contribution >= 4 is 5.69 Å². The van der Waals surface area contributed by atoms with Crippen molar-refractivity contribution in [2.24, 2.45) is 5.73 Å². The zero-order valence-electron chi connectivity index (χ0n) is 9.06. The van der Waals surface area contributed by atoms with Crippen molar-refractivity contribution in [3.63, 3.8) is 0 Å². The lowest BCUT2D eigenvalue weighted by Crippen LogP contribution is -2.00. The monoisotopic (exact) mass is 213 g/mol. The smallest absolute Gasteiger partial charge is 0.0416 e. The highest BCUT2D eigenvalue weighted by Crippen LogP contribution is 2.10. The molecule has 3 heteroatoms. The van der Waals surface area contributed by atoms with Crippen molar-refractivity contribution in [1.82, 2.24) is 4.98 Å². The molecule has 0 bridgehead atoms. The molecule has 2 aromatic rings. The molecule has 0 saturated carbocycles. The van der Waals surface area contributed by atoms with E-state index in [4.69, 9.17) is 5.73 Å². The summed E-state index contributed by atoms with van der Waals surface area (Å²) in [6.07, 6.45) is 3.64. The number of nitrogens with two attached hydrogens (primary N) is 1. The Labute approximate surface area is 95.3 Å². The lowest BCUT2D eigenvalue weighted by Gasteiger charge is -2.06. The van der Waals surface area contributed by atoms with Crippen LogP contribution in [0.1, 0.15) is 11.1 Å². The Kier molecular flexibility index (Phi) is 3.51. The van der Waals surface area contributed by atoms with Crippen LogP contribution in [0.15, 0.2) is 48.8 Å². The number of hydrogen-bond acceptors (Lipinski definition) is 3. The summed E-state index contributed by atoms with van der Waals surface area (Å²) in [5, 5.41) is 3.33. The largest absolute Gasteiger partial charge is 0.381 e. The molecular weight excluding hydrogens is 198 g/mol. The van der Waals surface area contributed by atoms with Crippen LogP contribution in [0.3, 0.4) is 0 Å². The molecule has 3 N–H and O–H groups in total. The summed E-state index contributed by atoms with van der Waals surface area (Å²) in [6.45, 7) is 1.37. The minimum Gasteiger partial charge on any atom is -0.381 e. The first-order valence-electron chi connectivity index (χ1n) is 5.30. The molecule has 0 amide bonds. The molecular formula is C13H15N3. The standard InChI is InChI=1S/C13H15N3/c14-8-11-3-5-13(6-4-11)16-10-12-2-1-7-15-9-12/h1-7,9,16H,8,10,14H2. The summed E-state index contributed by atoms with van der Waals surface area (Å²) in [7, 11) is 0. The van der Waals surface area contributed by atoms with Gasteiger partial charge in [0.25, 0.3) is 0 Å². The van der Waals surface area contributed by atoms with Crippen LogP contribution in [-0.4, -0.2) is 4.98 Å². The molecule has 0 aliphatic carbocycles. The lowest BCUT2D eigenvalue weighted by atomic mass is 10.2. The van der Waals surface area contributed by atoms with Gasteiger partial charge >= 0.3 is 0 Å². The minimum absolute atomic E-state index is 0.586. The van der Waals surface area contributed by atoms with Crippen LogP contribution in [0, 0.1) is 0 Å². The van der Waals surface area contributed by atoms with Gasteiger partial charge in [-0.2, -0.15) is 0 Å². The van der Waals surface area contributed by atoms with Crippen LogP contribution >= 0.6 is 0 Å². The topological polar surface area (TPSA) is 50.9 Å². The normalized spacial score (nSPS) is 10.1. The van der Waals surface area contributed by atoms with Crippen molar-refractivity contribution in [2.45, 2.75) is 13.1 Å². The highest BCUT2D eigenvalue weighted by Gasteiger charge is 1.94. The maximum Gasteiger partial charge on any atom is 0.0416 e. The Morgan fingerprint density at radius 3 is 2.50 bits per heavy atom. The number of aromatic nitrogens is 1. The molecule has 0 fully saturated rings. The molecule has 0 radical (unpaired) electrons. The Bertz CT molecular complexity index is 423. The summed E-state index contributed by atoms with van der Waals surface area (Å²) in [5.41, 5.74) is 8.95. The predicted molar refractivity (Wildman–Crippen MR) is 65.9 cm³/mol. The first-order chi connectivity index (χ1) is 7.88. The van der Waals surface area contributed by atoms with Crippen molar-refractivity contribution in [3.05, 3.63) is 59.9 Å². The maximum atomic E-state index is 5.54. The van der Waals surface area contributed by atoms with E-state index in [9.17, 15) is 0 Å². The SMILES string of the molecule is NCc1ccc(NCc2cccnc2)cc1. The molecule has 0 unspecified atom stereocenters. The maximum absolute atomic E-state index is 5.54. The van der Waals surface area contributed by atoms with Gasteiger partial charge in [0.05, 0.1) is 0 Å². The van der Waals surface area contributed by atoms with Gasteiger partial charge in [-0.15, -0.1) is 0 Å². The fourth-order valence-corrected chi connectivity index (χ4v) is 1.47. The average Bonchev–Trinajstić information content (AvgIpc) is 2.38. The van der Waals surface area contributed by atoms with Gasteiger partial charge < -0.3 is 11.1 Å². The third-order valence-electron chi connectivity index (χ3n) is 2.41. The van der Waals surface area contributed by atoms with Gasteiger partial charge in [0.1, 0.15) is 0 Å². The van der Waals surface area contributed by atoms with Gasteiger partial charge in [-0.1, -0.05) is 18.2 Å². The van der Waals surface area contributed by atoms with Gasteiger partial charge in [-0.3, -0.25) is 4.98 Å². The van der Waals surface area contributed by atoms with Crippen LogP contribution < -0.4 is 11.1 Å². The molecule has 0 atom stereocenters. The molecule has 2 rings (SSSR count). The van der Waals surface area contributed by atoms with Crippen LogP contribution in [0.4, 0.5) is 5.69 Å². The van der Waals surface area contributed by atoms with E-state index in [1.807, 2.05) is 42.6 Å². The first-order valence-corrected chi connectivity index (χ1v) is 5.30. The molecule has 1 heterocycles. The molecule has 1 aromatic carbocycles. The third kappa shape index (κ3) is 2.81. The highest BCUT2D eigenvalue weighted by atomic mass is 14.9. The quantitative estimate of drug-likeness (QED) is 0.818. The van der Waals surface area contributed by atoms with Gasteiger partial charge in [-0.25, -0.2) is 0 Å². The second-order valence-electron chi connectivity index (χ2n) is 3.62. The number of anilines is 1. The molecule has 3 nitrogen and oxygen atoms in total. The highest BCUT2D eigenvalue weighted by molar-refractivity contribution is 5.45. The van der Waals surface area contributed by atoms with Gasteiger partial charge in [0.15, 0.2) is 0 Å². The van der Waals surface area contributed by atoms with E-state index < -0.39 is 0 Å². The molecule has 0 aliphatic rings. The zero-order chi connectivity index (χ0) is 11.2. The van der Waals surface area contributed by atoms with E-state index in [-0.39, 0.29) is 0 Å². The van der Waals surface area contributed by atoms with Gasteiger partial charge in [0.2, 0.25) is 0 Å². The van der Waals surface area contributed by atoms with E-state index in [2.05, 4.69) is 10.3 Å². The van der Waals surface area contributed by atoms with Gasteiger partial charge in [0, 0.05) is 31.2 Å². The molecule has 1 aromatic heterocycles. The number of pyridine rings is 1. The fraction of sp³-hybridized carbons (Fsp3) is 0.154. The van der Waals surface area contributed by atoms with E-state index in [0.717, 1.165) is 17.8 Å². The zero-order valence-corrected chi connectivity index (χ0v) is 9.06. The number of nitrogens with zero attached hydrogens (tertiary/aromatic N) is 1. The molecule has 16 heavy (non-hydrogen) atoms. The van der Waals surface area contributed by atoms with Crippen LogP contribution in [0.5, 0.6) is 0 Å². The summed E-state index contributed by atoms with van der Waals surface area (Å²) in [4.78, 5) is 4.07. The van der Waals surface area contributed by atoms with Crippen LogP contribution in [-0.2, 0) is 13.1 Å². The third-order valence-corrected chi connectivity index (χ3v) is 2.41. The summed E-state index contributed by atoms with van der Waals surface area (Å²) in [5.74, 6) is 0. The predicted octanol–water partition coefficient (Wildman–Crippen LogP) is 2.15. The minimum atomic E-state index is 0.586. The van der Waals surface area contributed by atoms with Crippen LogP contribution in [0.25, 0.3) is 0 Å². The van der Waals surface area contributed by atoms with Crippen molar-refractivity contribution in [3.8, 4) is 0 Å². The molecule has 0 saturated heterocycles. The van der Waals surface area contributed by atoms with E-state index in [1.165, 1.54) is 5.56 Å². The lowest BCUT2D eigenvalue weighted by molar-refractivity contribution is 1.07. The number of benzene rings is 1. The Morgan fingerprint density at radius 1 is 1.06 bits per heavy atom. The second-order valence-corrected chi connectivity index (χ2v) is 3.62. The molecule has 82 valence electrons. The molecule has 0 aliphatic heterocycles. The Morgan fingerprint density at radius 2 is 1.88 bits per heavy atom. The second kappa shape index (κ2) is 5.28. The molecule has 0 spiro atoms. The number of hydrogen-bond donors (Lipinski definition) is 2. The van der Waals surface area contributed by atoms with Crippen molar-refractivity contribution in [2.75, 3.05) is 5.32 Å². The van der Waals surface area contributed by atoms with Crippen LogP contribution in [0.2, 0.25) is 0 Å². The number of rotatable bonds is 4. The van der Waals surface area contributed by atoms with E-state index in [1.54, 1.807) is 6.20 Å². The average molecular weight is 213 g/mol. The Hall–Kier alpha value is -1.87. The number of nitrogens with one attached hydrogen (secondary N) is 1. The van der Waals surface area contributed by atoms with Crippen molar-refractivity contribution in [1.29, 1.82) is 0 Å². The fourth-order valence-electron chi connectivity index (χ4n) is 1.47. The first kappa shape index (κ1) is 10.6. The summed E-state index contributed by atoms with van der Waals surface area (Å²) < 4.78 is 0. The van der Waals surface area contributed by atoms with E-state index >= 15 is 0 Å². The van der Waals surface area contributed by atoms with Gasteiger partial charge in [-0.05, 0) is 29.3 Å². The Balaban J connectivity index is 1.94. The van der Waals surface area contributed by atoms with Crippen molar-refractivity contribution < 1.29 is 0 Å².